The molecule has 0 saturated carbocycles. The number of piperazine rings is 1. The molecule has 2 aromatic carbocycles. The number of hydrogen-bond donors (Lipinski definition) is 2. The summed E-state index contributed by atoms with van der Waals surface area (Å²) in [7, 11) is 3.22. The molecule has 30 heavy (non-hydrogen) atoms. The summed E-state index contributed by atoms with van der Waals surface area (Å²) < 4.78 is 16.1. The van der Waals surface area contributed by atoms with E-state index in [2.05, 4.69) is 4.90 Å². The molecule has 2 atom stereocenters. The third-order valence-corrected chi connectivity index (χ3v) is 5.20. The lowest BCUT2D eigenvalue weighted by molar-refractivity contribution is -0.151. The molecule has 0 spiro atoms. The number of carbonyl (C=O) groups is 1. The first kappa shape index (κ1) is 21.9. The zero-order valence-electron chi connectivity index (χ0n) is 17.4. The van der Waals surface area contributed by atoms with Gasteiger partial charge in [-0.3, -0.25) is 10.5 Å². The highest BCUT2D eigenvalue weighted by Crippen LogP contribution is 2.32. The van der Waals surface area contributed by atoms with Gasteiger partial charge in [-0.15, -0.1) is 0 Å². The number of carbonyl (C=O) groups excluding carboxylic acids is 1. The van der Waals surface area contributed by atoms with E-state index in [1.54, 1.807) is 14.2 Å². The maximum Gasteiger partial charge on any atom is 0.225 e. The minimum Gasteiger partial charge on any atom is -0.493 e. The van der Waals surface area contributed by atoms with Gasteiger partial charge in [0.25, 0.3) is 0 Å². The molecule has 0 aliphatic carbocycles. The Kier molecular flexibility index (Phi) is 7.51. The number of aliphatic hydroxyl groups is 1. The molecule has 1 fully saturated rings. The SMILES string of the molecule is COc1ccc(N2CCN(C(=O)CC(OC(N)O)c3ccccc3)CC2)cc1OC. The van der Waals surface area contributed by atoms with Gasteiger partial charge >= 0.3 is 0 Å². The summed E-state index contributed by atoms with van der Waals surface area (Å²) in [4.78, 5) is 16.9. The van der Waals surface area contributed by atoms with Crippen molar-refractivity contribution >= 4 is 11.6 Å². The second kappa shape index (κ2) is 10.3. The van der Waals surface area contributed by atoms with Crippen LogP contribution < -0.4 is 20.1 Å². The topological polar surface area (TPSA) is 97.5 Å². The van der Waals surface area contributed by atoms with E-state index in [1.165, 1.54) is 0 Å². The summed E-state index contributed by atoms with van der Waals surface area (Å²) in [6, 6.07) is 15.1. The van der Waals surface area contributed by atoms with Crippen LogP contribution in [0.2, 0.25) is 0 Å². The Balaban J connectivity index is 1.60. The van der Waals surface area contributed by atoms with E-state index in [0.29, 0.717) is 37.7 Å². The van der Waals surface area contributed by atoms with Crippen LogP contribution >= 0.6 is 0 Å². The normalized spacial score (nSPS) is 16.1. The number of rotatable bonds is 8. The van der Waals surface area contributed by atoms with E-state index in [-0.39, 0.29) is 12.3 Å². The second-order valence-corrected chi connectivity index (χ2v) is 7.04. The quantitative estimate of drug-likeness (QED) is 0.634. The van der Waals surface area contributed by atoms with Gasteiger partial charge in [0.15, 0.2) is 11.5 Å². The maximum absolute atomic E-state index is 12.9. The minimum atomic E-state index is -1.44. The Morgan fingerprint density at radius 2 is 1.70 bits per heavy atom. The van der Waals surface area contributed by atoms with Crippen LogP contribution in [-0.2, 0) is 9.53 Å². The van der Waals surface area contributed by atoms with E-state index in [1.807, 2.05) is 53.4 Å². The average Bonchev–Trinajstić information content (AvgIpc) is 2.78. The van der Waals surface area contributed by atoms with Crippen molar-refractivity contribution < 1.29 is 24.1 Å². The molecule has 3 N–H and O–H groups in total. The van der Waals surface area contributed by atoms with Crippen molar-refractivity contribution in [2.45, 2.75) is 18.9 Å². The molecule has 8 nitrogen and oxygen atoms in total. The van der Waals surface area contributed by atoms with Crippen LogP contribution in [0.25, 0.3) is 0 Å². The predicted molar refractivity (Wildman–Crippen MR) is 113 cm³/mol. The first-order valence-corrected chi connectivity index (χ1v) is 9.90. The van der Waals surface area contributed by atoms with E-state index in [4.69, 9.17) is 19.9 Å². The molecular formula is C22H29N3O5. The van der Waals surface area contributed by atoms with Gasteiger partial charge in [-0.25, -0.2) is 0 Å². The second-order valence-electron chi connectivity index (χ2n) is 7.04. The molecule has 162 valence electrons. The van der Waals surface area contributed by atoms with Crippen LogP contribution in [0.1, 0.15) is 18.1 Å². The van der Waals surface area contributed by atoms with Crippen LogP contribution in [-0.4, -0.2) is 62.7 Å². The Hall–Kier alpha value is -2.81. The van der Waals surface area contributed by atoms with Crippen molar-refractivity contribution in [2.24, 2.45) is 5.73 Å². The number of nitrogens with zero attached hydrogens (tertiary/aromatic N) is 2. The molecular weight excluding hydrogens is 386 g/mol. The van der Waals surface area contributed by atoms with Gasteiger partial charge in [0.05, 0.1) is 26.7 Å². The predicted octanol–water partition coefficient (Wildman–Crippen LogP) is 1.73. The number of benzene rings is 2. The molecule has 8 heteroatoms. The van der Waals surface area contributed by atoms with Crippen molar-refractivity contribution in [3.63, 3.8) is 0 Å². The van der Waals surface area contributed by atoms with Gasteiger partial charge in [-0.05, 0) is 17.7 Å². The van der Waals surface area contributed by atoms with Gasteiger partial charge < -0.3 is 29.1 Å². The molecule has 2 unspecified atom stereocenters. The van der Waals surface area contributed by atoms with Crippen molar-refractivity contribution in [3.05, 3.63) is 54.1 Å². The lowest BCUT2D eigenvalue weighted by atomic mass is 10.1. The number of methoxy groups -OCH3 is 2. The summed E-state index contributed by atoms with van der Waals surface area (Å²) in [6.07, 6.45) is -1.92. The van der Waals surface area contributed by atoms with Gasteiger partial charge in [-0.2, -0.15) is 0 Å². The minimum absolute atomic E-state index is 0.0311. The lowest BCUT2D eigenvalue weighted by Gasteiger charge is -2.37. The van der Waals surface area contributed by atoms with Crippen molar-refractivity contribution in [2.75, 3.05) is 45.3 Å². The Morgan fingerprint density at radius 1 is 1.03 bits per heavy atom. The number of amides is 1. The monoisotopic (exact) mass is 415 g/mol. The molecule has 0 radical (unpaired) electrons. The van der Waals surface area contributed by atoms with Crippen molar-refractivity contribution in [1.29, 1.82) is 0 Å². The molecule has 3 rings (SSSR count). The van der Waals surface area contributed by atoms with E-state index in [0.717, 1.165) is 11.3 Å². The fourth-order valence-electron chi connectivity index (χ4n) is 3.60. The number of anilines is 1. The Morgan fingerprint density at radius 3 is 2.30 bits per heavy atom. The first-order valence-electron chi connectivity index (χ1n) is 9.90. The van der Waals surface area contributed by atoms with E-state index in [9.17, 15) is 9.90 Å². The van der Waals surface area contributed by atoms with Crippen molar-refractivity contribution in [1.82, 2.24) is 4.90 Å². The molecule has 1 amide bonds. The molecule has 1 aliphatic heterocycles. The molecule has 1 saturated heterocycles. The number of nitrogens with two attached hydrogens (primary N) is 1. The highest BCUT2D eigenvalue weighted by molar-refractivity contribution is 5.77. The van der Waals surface area contributed by atoms with Crippen LogP contribution in [0.4, 0.5) is 5.69 Å². The summed E-state index contributed by atoms with van der Waals surface area (Å²) >= 11 is 0. The van der Waals surface area contributed by atoms with Crippen molar-refractivity contribution in [3.8, 4) is 11.5 Å². The Labute approximate surface area is 176 Å². The third-order valence-electron chi connectivity index (χ3n) is 5.20. The van der Waals surface area contributed by atoms with Gasteiger partial charge in [0, 0.05) is 37.9 Å². The fourth-order valence-corrected chi connectivity index (χ4v) is 3.60. The third kappa shape index (κ3) is 5.41. The zero-order valence-corrected chi connectivity index (χ0v) is 17.4. The summed E-state index contributed by atoms with van der Waals surface area (Å²) in [6.45, 7) is 2.61. The molecule has 0 aromatic heterocycles. The number of hydrogen-bond acceptors (Lipinski definition) is 7. The lowest BCUT2D eigenvalue weighted by Crippen LogP contribution is -2.49. The number of aliphatic hydroxyl groups excluding tert-OH is 1. The first-order chi connectivity index (χ1) is 14.5. The number of ether oxygens (including phenoxy) is 3. The van der Waals surface area contributed by atoms with E-state index < -0.39 is 12.5 Å². The van der Waals surface area contributed by atoms with E-state index >= 15 is 0 Å². The van der Waals surface area contributed by atoms with Crippen LogP contribution in [0.15, 0.2) is 48.5 Å². The molecule has 0 bridgehead atoms. The summed E-state index contributed by atoms with van der Waals surface area (Å²) in [5, 5.41) is 9.45. The van der Waals surface area contributed by atoms with Gasteiger partial charge in [0.2, 0.25) is 12.3 Å². The average molecular weight is 415 g/mol. The van der Waals surface area contributed by atoms with Crippen LogP contribution in [0.5, 0.6) is 11.5 Å². The highest BCUT2D eigenvalue weighted by atomic mass is 16.6. The molecule has 2 aromatic rings. The highest BCUT2D eigenvalue weighted by Gasteiger charge is 2.26. The maximum atomic E-state index is 12.9. The summed E-state index contributed by atoms with van der Waals surface area (Å²) in [5.74, 6) is 1.33. The molecule has 1 aliphatic rings. The zero-order chi connectivity index (χ0) is 21.5. The standard InChI is InChI=1S/C22H29N3O5/c1-28-18-9-8-17(14-20(18)29-2)24-10-12-25(13-11-24)21(26)15-19(30-22(23)27)16-6-4-3-5-7-16/h3-9,14,19,22,27H,10-13,15,23H2,1-2H3. The van der Waals surface area contributed by atoms with Gasteiger partial charge in [0.1, 0.15) is 0 Å². The van der Waals surface area contributed by atoms with Crippen LogP contribution in [0.3, 0.4) is 0 Å². The van der Waals surface area contributed by atoms with Gasteiger partial charge in [-0.1, -0.05) is 30.3 Å². The fraction of sp³-hybridized carbons (Fsp3) is 0.409. The summed E-state index contributed by atoms with van der Waals surface area (Å²) in [5.41, 5.74) is 7.22. The Bertz CT molecular complexity index is 823. The molecule has 1 heterocycles. The smallest absolute Gasteiger partial charge is 0.225 e. The van der Waals surface area contributed by atoms with Crippen LogP contribution in [0, 0.1) is 0 Å². The largest absolute Gasteiger partial charge is 0.493 e.